The molecule has 5 heteroatoms. The van der Waals surface area contributed by atoms with E-state index in [0.29, 0.717) is 22.6 Å². The quantitative estimate of drug-likeness (QED) is 0.837. The van der Waals surface area contributed by atoms with E-state index < -0.39 is 5.97 Å². The fourth-order valence-electron chi connectivity index (χ4n) is 1.40. The zero-order chi connectivity index (χ0) is 11.7. The van der Waals surface area contributed by atoms with Gasteiger partial charge in [0.2, 0.25) is 0 Å². The van der Waals surface area contributed by atoms with Crippen molar-refractivity contribution in [2.45, 2.75) is 6.92 Å². The van der Waals surface area contributed by atoms with E-state index in [2.05, 4.69) is 4.98 Å². The van der Waals surface area contributed by atoms with Crippen LogP contribution in [0.4, 0.5) is 0 Å². The molecule has 0 amide bonds. The number of carbonyl (C=O) groups is 1. The highest BCUT2D eigenvalue weighted by Crippen LogP contribution is 2.23. The number of benzene rings is 1. The van der Waals surface area contributed by atoms with Crippen molar-refractivity contribution in [3.05, 3.63) is 44.4 Å². The number of H-pyrrole nitrogens is 1. The van der Waals surface area contributed by atoms with Crippen LogP contribution in [-0.4, -0.2) is 16.1 Å². The predicted octanol–water partition coefficient (Wildman–Crippen LogP) is 2.11. The highest BCUT2D eigenvalue weighted by atomic mass is 32.1. The fraction of sp³-hybridized carbons (Fsp3) is 0.0909. The van der Waals surface area contributed by atoms with Gasteiger partial charge in [0.1, 0.15) is 4.88 Å². The van der Waals surface area contributed by atoms with Crippen LogP contribution in [0.3, 0.4) is 0 Å². The highest BCUT2D eigenvalue weighted by Gasteiger charge is 2.15. The molecule has 0 aliphatic carbocycles. The summed E-state index contributed by atoms with van der Waals surface area (Å²) in [7, 11) is 0. The van der Waals surface area contributed by atoms with Crippen LogP contribution >= 0.6 is 11.3 Å². The van der Waals surface area contributed by atoms with Crippen molar-refractivity contribution < 1.29 is 9.90 Å². The molecule has 0 aliphatic heterocycles. The predicted molar refractivity (Wildman–Crippen MR) is 62.1 cm³/mol. The van der Waals surface area contributed by atoms with E-state index in [9.17, 15) is 9.59 Å². The molecule has 1 heterocycles. The van der Waals surface area contributed by atoms with Crippen LogP contribution in [0.2, 0.25) is 0 Å². The van der Waals surface area contributed by atoms with Gasteiger partial charge in [0.25, 0.3) is 0 Å². The third-order valence-electron chi connectivity index (χ3n) is 2.18. The van der Waals surface area contributed by atoms with Gasteiger partial charge in [0.05, 0.1) is 5.69 Å². The Labute approximate surface area is 95.2 Å². The maximum atomic E-state index is 11.2. The number of thiazole rings is 1. The number of carboxylic acid groups (broad SMARTS) is 1. The Morgan fingerprint density at radius 2 is 1.94 bits per heavy atom. The molecule has 4 nitrogen and oxygen atoms in total. The molecule has 0 saturated heterocycles. The standard InChI is InChI=1S/C11H9NO3S/c1-6-2-4-7(5-3-6)8-9(10(13)14)16-11(15)12-8/h2-5H,1H3,(H,12,15)(H,13,14). The number of hydrogen-bond acceptors (Lipinski definition) is 3. The molecule has 0 radical (unpaired) electrons. The molecule has 2 N–H and O–H groups in total. The maximum Gasteiger partial charge on any atom is 0.348 e. The Bertz CT molecular complexity index is 580. The molecule has 0 aliphatic rings. The number of aryl methyl sites for hydroxylation is 1. The van der Waals surface area contributed by atoms with Crippen LogP contribution in [0.1, 0.15) is 15.2 Å². The first-order chi connectivity index (χ1) is 7.58. The van der Waals surface area contributed by atoms with Crippen LogP contribution < -0.4 is 4.87 Å². The summed E-state index contributed by atoms with van der Waals surface area (Å²) in [6, 6.07) is 7.33. The number of aromatic carboxylic acids is 1. The Kier molecular flexibility index (Phi) is 2.62. The van der Waals surface area contributed by atoms with Crippen molar-refractivity contribution in [2.24, 2.45) is 0 Å². The van der Waals surface area contributed by atoms with Crippen molar-refractivity contribution in [1.82, 2.24) is 4.98 Å². The SMILES string of the molecule is Cc1ccc(-c2[nH]c(=O)sc2C(=O)O)cc1. The van der Waals surface area contributed by atoms with Gasteiger partial charge in [-0.1, -0.05) is 41.2 Å². The van der Waals surface area contributed by atoms with Crippen LogP contribution in [-0.2, 0) is 0 Å². The Hall–Kier alpha value is -1.88. The summed E-state index contributed by atoms with van der Waals surface area (Å²) in [5.74, 6) is -1.08. The number of aromatic nitrogens is 1. The lowest BCUT2D eigenvalue weighted by Gasteiger charge is -2.00. The fourth-order valence-corrected chi connectivity index (χ4v) is 2.10. The molecule has 0 atom stereocenters. The second-order valence-electron chi connectivity index (χ2n) is 3.39. The van der Waals surface area contributed by atoms with Crippen molar-refractivity contribution in [3.63, 3.8) is 0 Å². The third-order valence-corrected chi connectivity index (χ3v) is 3.05. The first kappa shape index (κ1) is 10.6. The highest BCUT2D eigenvalue weighted by molar-refractivity contribution is 7.11. The van der Waals surface area contributed by atoms with Gasteiger partial charge >= 0.3 is 10.8 Å². The topological polar surface area (TPSA) is 70.2 Å². The summed E-state index contributed by atoms with van der Waals surface area (Å²) in [6.45, 7) is 1.94. The van der Waals surface area contributed by atoms with Gasteiger partial charge in [0, 0.05) is 0 Å². The molecule has 2 aromatic rings. The second kappa shape index (κ2) is 3.94. The van der Waals surface area contributed by atoms with Gasteiger partial charge in [-0.3, -0.25) is 4.79 Å². The summed E-state index contributed by atoms with van der Waals surface area (Å²) in [6.07, 6.45) is 0. The van der Waals surface area contributed by atoms with E-state index in [-0.39, 0.29) is 9.75 Å². The van der Waals surface area contributed by atoms with Crippen molar-refractivity contribution in [1.29, 1.82) is 0 Å². The zero-order valence-corrected chi connectivity index (χ0v) is 9.30. The number of aromatic amines is 1. The summed E-state index contributed by atoms with van der Waals surface area (Å²) in [4.78, 5) is 24.3. The number of rotatable bonds is 2. The van der Waals surface area contributed by atoms with Gasteiger partial charge in [-0.05, 0) is 12.5 Å². The molecular weight excluding hydrogens is 226 g/mol. The minimum absolute atomic E-state index is 0.0499. The van der Waals surface area contributed by atoms with E-state index in [1.165, 1.54) is 0 Å². The van der Waals surface area contributed by atoms with E-state index in [1.807, 2.05) is 19.1 Å². The molecule has 1 aromatic heterocycles. The summed E-state index contributed by atoms with van der Waals surface area (Å²) >= 11 is 0.711. The minimum atomic E-state index is -1.08. The first-order valence-electron chi connectivity index (χ1n) is 4.61. The lowest BCUT2D eigenvalue weighted by atomic mass is 10.1. The molecule has 0 saturated carbocycles. The average molecular weight is 235 g/mol. The minimum Gasteiger partial charge on any atom is -0.477 e. The molecule has 0 spiro atoms. The average Bonchev–Trinajstić information content (AvgIpc) is 2.61. The van der Waals surface area contributed by atoms with Gasteiger partial charge < -0.3 is 10.1 Å². The van der Waals surface area contributed by atoms with Gasteiger partial charge in [-0.15, -0.1) is 0 Å². The molecule has 1 aromatic carbocycles. The Morgan fingerprint density at radius 3 is 2.50 bits per heavy atom. The maximum absolute atomic E-state index is 11.2. The smallest absolute Gasteiger partial charge is 0.348 e. The Morgan fingerprint density at radius 1 is 1.31 bits per heavy atom. The molecule has 16 heavy (non-hydrogen) atoms. The summed E-state index contributed by atoms with van der Waals surface area (Å²) < 4.78 is 0. The van der Waals surface area contributed by atoms with E-state index in [4.69, 9.17) is 5.11 Å². The molecule has 0 fully saturated rings. The van der Waals surface area contributed by atoms with Gasteiger partial charge in [-0.2, -0.15) is 0 Å². The van der Waals surface area contributed by atoms with E-state index in [1.54, 1.807) is 12.1 Å². The largest absolute Gasteiger partial charge is 0.477 e. The molecule has 0 unspecified atom stereocenters. The first-order valence-corrected chi connectivity index (χ1v) is 5.43. The normalized spacial score (nSPS) is 10.3. The van der Waals surface area contributed by atoms with Crippen LogP contribution in [0.5, 0.6) is 0 Å². The zero-order valence-electron chi connectivity index (χ0n) is 8.48. The van der Waals surface area contributed by atoms with Crippen molar-refractivity contribution >= 4 is 17.3 Å². The van der Waals surface area contributed by atoms with Crippen molar-refractivity contribution in [3.8, 4) is 11.3 Å². The van der Waals surface area contributed by atoms with Crippen LogP contribution in [0.25, 0.3) is 11.3 Å². The third kappa shape index (κ3) is 1.90. The van der Waals surface area contributed by atoms with E-state index in [0.717, 1.165) is 5.56 Å². The van der Waals surface area contributed by atoms with Crippen LogP contribution in [0.15, 0.2) is 29.1 Å². The monoisotopic (exact) mass is 235 g/mol. The molecule has 2 rings (SSSR count). The second-order valence-corrected chi connectivity index (χ2v) is 4.37. The van der Waals surface area contributed by atoms with Gasteiger partial charge in [0.15, 0.2) is 0 Å². The van der Waals surface area contributed by atoms with Crippen molar-refractivity contribution in [2.75, 3.05) is 0 Å². The molecular formula is C11H9NO3S. The Balaban J connectivity index is 2.59. The number of carboxylic acids is 1. The number of hydrogen-bond donors (Lipinski definition) is 2. The van der Waals surface area contributed by atoms with Gasteiger partial charge in [-0.25, -0.2) is 4.79 Å². The lowest BCUT2D eigenvalue weighted by Crippen LogP contribution is -1.95. The lowest BCUT2D eigenvalue weighted by molar-refractivity contribution is 0.0702. The summed E-state index contributed by atoms with van der Waals surface area (Å²) in [5.41, 5.74) is 2.17. The van der Waals surface area contributed by atoms with E-state index >= 15 is 0 Å². The number of nitrogens with one attached hydrogen (secondary N) is 1. The summed E-state index contributed by atoms with van der Waals surface area (Å²) in [5, 5.41) is 8.95. The molecule has 0 bridgehead atoms. The molecule has 82 valence electrons. The van der Waals surface area contributed by atoms with Crippen LogP contribution in [0, 0.1) is 6.92 Å².